The normalized spacial score (nSPS) is 10.7. The van der Waals surface area contributed by atoms with Crippen molar-refractivity contribution in [2.75, 3.05) is 7.11 Å². The molecule has 3 aromatic rings. The standard InChI is InChI=1S/C15H14N4O2/c1-21-10-12-7-14(20)18-15(17-12)11-8-16-19(9-11)13-5-3-2-4-6-13/h2-9H,10H2,1H3,(H,17,18,20). The van der Waals surface area contributed by atoms with E-state index in [1.54, 1.807) is 18.0 Å². The largest absolute Gasteiger partial charge is 0.378 e. The van der Waals surface area contributed by atoms with E-state index < -0.39 is 0 Å². The molecule has 0 saturated carbocycles. The molecule has 0 saturated heterocycles. The molecule has 0 spiro atoms. The van der Waals surface area contributed by atoms with Crippen molar-refractivity contribution in [3.8, 4) is 17.1 Å². The minimum atomic E-state index is -0.209. The van der Waals surface area contributed by atoms with Gasteiger partial charge in [-0.25, -0.2) is 9.67 Å². The molecule has 6 heteroatoms. The molecule has 2 heterocycles. The maximum absolute atomic E-state index is 11.7. The third-order valence-corrected chi connectivity index (χ3v) is 2.96. The summed E-state index contributed by atoms with van der Waals surface area (Å²) in [6.45, 7) is 0.295. The van der Waals surface area contributed by atoms with Gasteiger partial charge in [-0.15, -0.1) is 0 Å². The van der Waals surface area contributed by atoms with E-state index in [1.165, 1.54) is 6.07 Å². The summed E-state index contributed by atoms with van der Waals surface area (Å²) < 4.78 is 6.75. The first kappa shape index (κ1) is 13.3. The van der Waals surface area contributed by atoms with Crippen molar-refractivity contribution >= 4 is 0 Å². The highest BCUT2D eigenvalue weighted by molar-refractivity contribution is 5.53. The lowest BCUT2D eigenvalue weighted by molar-refractivity contribution is 0.181. The van der Waals surface area contributed by atoms with Crippen LogP contribution in [0.15, 0.2) is 53.6 Å². The van der Waals surface area contributed by atoms with Crippen molar-refractivity contribution in [3.63, 3.8) is 0 Å². The first-order chi connectivity index (χ1) is 10.3. The summed E-state index contributed by atoms with van der Waals surface area (Å²) in [7, 11) is 1.57. The summed E-state index contributed by atoms with van der Waals surface area (Å²) in [5.74, 6) is 0.483. The van der Waals surface area contributed by atoms with E-state index in [9.17, 15) is 4.79 Å². The van der Waals surface area contributed by atoms with Crippen molar-refractivity contribution in [1.82, 2.24) is 19.7 Å². The lowest BCUT2D eigenvalue weighted by Crippen LogP contribution is -2.10. The molecule has 3 rings (SSSR count). The minimum Gasteiger partial charge on any atom is -0.378 e. The summed E-state index contributed by atoms with van der Waals surface area (Å²) >= 11 is 0. The van der Waals surface area contributed by atoms with E-state index in [0.29, 0.717) is 18.1 Å². The first-order valence-corrected chi connectivity index (χ1v) is 6.46. The van der Waals surface area contributed by atoms with Crippen LogP contribution < -0.4 is 5.56 Å². The molecule has 6 nitrogen and oxygen atoms in total. The average molecular weight is 282 g/mol. The first-order valence-electron chi connectivity index (χ1n) is 6.46. The Morgan fingerprint density at radius 2 is 2.10 bits per heavy atom. The van der Waals surface area contributed by atoms with Gasteiger partial charge in [-0.05, 0) is 12.1 Å². The molecule has 0 radical (unpaired) electrons. The average Bonchev–Trinajstić information content (AvgIpc) is 2.98. The minimum absolute atomic E-state index is 0.209. The van der Waals surface area contributed by atoms with Gasteiger partial charge in [0.1, 0.15) is 5.82 Å². The van der Waals surface area contributed by atoms with Crippen LogP contribution in [0.1, 0.15) is 5.69 Å². The summed E-state index contributed by atoms with van der Waals surface area (Å²) in [5.41, 5.74) is 2.07. The van der Waals surface area contributed by atoms with Crippen LogP contribution in [0.25, 0.3) is 17.1 Å². The molecule has 1 N–H and O–H groups in total. The summed E-state index contributed by atoms with van der Waals surface area (Å²) in [6, 6.07) is 11.2. The Morgan fingerprint density at radius 1 is 1.29 bits per heavy atom. The van der Waals surface area contributed by atoms with Crippen molar-refractivity contribution in [1.29, 1.82) is 0 Å². The van der Waals surface area contributed by atoms with Crippen LogP contribution in [0.2, 0.25) is 0 Å². The number of para-hydroxylation sites is 1. The van der Waals surface area contributed by atoms with Crippen molar-refractivity contribution in [2.45, 2.75) is 6.61 Å². The van der Waals surface area contributed by atoms with Gasteiger partial charge >= 0.3 is 0 Å². The van der Waals surface area contributed by atoms with Gasteiger partial charge in [-0.2, -0.15) is 5.10 Å². The number of hydrogen-bond donors (Lipinski definition) is 1. The molecule has 0 aliphatic carbocycles. The quantitative estimate of drug-likeness (QED) is 0.791. The fraction of sp³-hybridized carbons (Fsp3) is 0.133. The van der Waals surface area contributed by atoms with Gasteiger partial charge in [0, 0.05) is 19.4 Å². The molecule has 0 fully saturated rings. The van der Waals surface area contributed by atoms with Gasteiger partial charge in [0.05, 0.1) is 29.7 Å². The zero-order valence-electron chi connectivity index (χ0n) is 11.5. The maximum atomic E-state index is 11.7. The molecule has 0 amide bonds. The number of methoxy groups -OCH3 is 1. The number of H-pyrrole nitrogens is 1. The fourth-order valence-electron chi connectivity index (χ4n) is 2.03. The molecule has 0 aliphatic heterocycles. The number of rotatable bonds is 4. The van der Waals surface area contributed by atoms with E-state index in [0.717, 1.165) is 11.3 Å². The van der Waals surface area contributed by atoms with Crippen LogP contribution in [0.3, 0.4) is 0 Å². The zero-order chi connectivity index (χ0) is 14.7. The number of hydrogen-bond acceptors (Lipinski definition) is 4. The van der Waals surface area contributed by atoms with Gasteiger partial charge in [-0.3, -0.25) is 4.79 Å². The molecule has 106 valence electrons. The van der Waals surface area contributed by atoms with Crippen molar-refractivity contribution < 1.29 is 4.74 Å². The second-order valence-corrected chi connectivity index (χ2v) is 4.53. The Kier molecular flexibility index (Phi) is 3.61. The molecular weight excluding hydrogens is 268 g/mol. The van der Waals surface area contributed by atoms with E-state index in [-0.39, 0.29) is 5.56 Å². The summed E-state index contributed by atoms with van der Waals surface area (Å²) in [5, 5.41) is 4.29. The Bertz CT molecular complexity index is 793. The monoisotopic (exact) mass is 282 g/mol. The molecule has 0 bridgehead atoms. The van der Waals surface area contributed by atoms with Gasteiger partial charge in [0.2, 0.25) is 0 Å². The highest BCUT2D eigenvalue weighted by Gasteiger charge is 2.07. The second kappa shape index (κ2) is 5.72. The van der Waals surface area contributed by atoms with E-state index in [1.807, 2.05) is 36.5 Å². The van der Waals surface area contributed by atoms with Crippen LogP contribution in [0.5, 0.6) is 0 Å². The molecule has 21 heavy (non-hydrogen) atoms. The Balaban J connectivity index is 1.98. The molecule has 0 unspecified atom stereocenters. The molecule has 2 aromatic heterocycles. The number of aromatic amines is 1. The number of aromatic nitrogens is 4. The number of nitrogens with zero attached hydrogens (tertiary/aromatic N) is 3. The predicted octanol–water partition coefficient (Wildman–Crippen LogP) is 1.77. The Morgan fingerprint density at radius 3 is 2.86 bits per heavy atom. The third-order valence-electron chi connectivity index (χ3n) is 2.96. The van der Waals surface area contributed by atoms with E-state index >= 15 is 0 Å². The Labute approximate surface area is 121 Å². The zero-order valence-corrected chi connectivity index (χ0v) is 11.5. The van der Waals surface area contributed by atoms with Crippen molar-refractivity contribution in [2.24, 2.45) is 0 Å². The lowest BCUT2D eigenvalue weighted by atomic mass is 10.3. The molecule has 0 aliphatic rings. The summed E-state index contributed by atoms with van der Waals surface area (Å²) in [4.78, 5) is 18.7. The highest BCUT2D eigenvalue weighted by Crippen LogP contribution is 2.15. The number of ether oxygens (including phenoxy) is 1. The molecule has 1 aromatic carbocycles. The van der Waals surface area contributed by atoms with Crippen LogP contribution in [0.4, 0.5) is 0 Å². The van der Waals surface area contributed by atoms with Crippen LogP contribution in [-0.4, -0.2) is 26.9 Å². The van der Waals surface area contributed by atoms with Crippen molar-refractivity contribution in [3.05, 3.63) is 64.8 Å². The lowest BCUT2D eigenvalue weighted by Gasteiger charge is -2.02. The van der Waals surface area contributed by atoms with Gasteiger partial charge < -0.3 is 9.72 Å². The van der Waals surface area contributed by atoms with Crippen LogP contribution in [-0.2, 0) is 11.3 Å². The SMILES string of the molecule is COCc1cc(=O)[nH]c(-c2cnn(-c3ccccc3)c2)n1. The fourth-order valence-corrected chi connectivity index (χ4v) is 2.03. The second-order valence-electron chi connectivity index (χ2n) is 4.53. The van der Waals surface area contributed by atoms with Gasteiger partial charge in [-0.1, -0.05) is 18.2 Å². The highest BCUT2D eigenvalue weighted by atomic mass is 16.5. The predicted molar refractivity (Wildman–Crippen MR) is 78.1 cm³/mol. The topological polar surface area (TPSA) is 72.8 Å². The van der Waals surface area contributed by atoms with E-state index in [2.05, 4.69) is 15.1 Å². The van der Waals surface area contributed by atoms with Crippen LogP contribution >= 0.6 is 0 Å². The molecular formula is C15H14N4O2. The Hall–Kier alpha value is -2.73. The molecule has 0 atom stereocenters. The smallest absolute Gasteiger partial charge is 0.251 e. The third kappa shape index (κ3) is 2.90. The number of nitrogens with one attached hydrogen (secondary N) is 1. The van der Waals surface area contributed by atoms with Gasteiger partial charge in [0.25, 0.3) is 5.56 Å². The summed E-state index contributed by atoms with van der Waals surface area (Å²) in [6.07, 6.45) is 3.49. The van der Waals surface area contributed by atoms with Gasteiger partial charge in [0.15, 0.2) is 0 Å². The van der Waals surface area contributed by atoms with Crippen LogP contribution in [0, 0.1) is 0 Å². The van der Waals surface area contributed by atoms with E-state index in [4.69, 9.17) is 4.74 Å². The maximum Gasteiger partial charge on any atom is 0.251 e. The number of benzene rings is 1.